The van der Waals surface area contributed by atoms with Crippen molar-refractivity contribution >= 4 is 23.2 Å². The van der Waals surface area contributed by atoms with Gasteiger partial charge in [-0.2, -0.15) is 0 Å². The Labute approximate surface area is 148 Å². The highest BCUT2D eigenvalue weighted by molar-refractivity contribution is 6.35. The van der Waals surface area contributed by atoms with E-state index in [1.165, 1.54) is 0 Å². The Balaban J connectivity index is 1.63. The van der Waals surface area contributed by atoms with E-state index >= 15 is 0 Å². The van der Waals surface area contributed by atoms with Crippen LogP contribution in [0.15, 0.2) is 12.1 Å². The molecule has 1 aromatic rings. The van der Waals surface area contributed by atoms with Gasteiger partial charge in [-0.15, -0.1) is 0 Å². The lowest BCUT2D eigenvalue weighted by Gasteiger charge is -2.35. The van der Waals surface area contributed by atoms with Crippen molar-refractivity contribution in [1.82, 2.24) is 4.90 Å². The molecular formula is C17H25Cl2NO3. The van der Waals surface area contributed by atoms with E-state index in [2.05, 4.69) is 18.7 Å². The maximum absolute atomic E-state index is 6.13. The summed E-state index contributed by atoms with van der Waals surface area (Å²) in [5.74, 6) is 0.676. The Kier molecular flexibility index (Phi) is 7.44. The summed E-state index contributed by atoms with van der Waals surface area (Å²) in [6.07, 6.45) is 0.578. The van der Waals surface area contributed by atoms with Gasteiger partial charge in [-0.1, -0.05) is 23.2 Å². The molecule has 1 aromatic carbocycles. The average molecular weight is 362 g/mol. The minimum absolute atomic E-state index is 0.289. The van der Waals surface area contributed by atoms with Crippen molar-refractivity contribution in [2.75, 3.05) is 39.5 Å². The molecule has 0 N–H and O–H groups in total. The fourth-order valence-corrected chi connectivity index (χ4v) is 3.49. The number of aryl methyl sites for hydroxylation is 1. The van der Waals surface area contributed by atoms with Gasteiger partial charge in [0.2, 0.25) is 0 Å². The SMILES string of the molecule is Cc1cc(Cl)cc(Cl)c1OCCOCCN1C[C@@H](C)O[C@H](C)C1. The molecule has 6 heteroatoms. The first-order chi connectivity index (χ1) is 11.0. The van der Waals surface area contributed by atoms with Crippen LogP contribution in [0, 0.1) is 6.92 Å². The number of hydrogen-bond donors (Lipinski definition) is 0. The van der Waals surface area contributed by atoms with Gasteiger partial charge in [0.15, 0.2) is 0 Å². The van der Waals surface area contributed by atoms with Gasteiger partial charge in [0.05, 0.1) is 30.4 Å². The van der Waals surface area contributed by atoms with Gasteiger partial charge in [-0.05, 0) is 38.5 Å². The second-order valence-corrected chi connectivity index (χ2v) is 6.85. The van der Waals surface area contributed by atoms with Crippen molar-refractivity contribution in [3.63, 3.8) is 0 Å². The van der Waals surface area contributed by atoms with Gasteiger partial charge in [0.1, 0.15) is 12.4 Å². The molecule has 0 radical (unpaired) electrons. The van der Waals surface area contributed by atoms with E-state index in [0.29, 0.717) is 35.6 Å². The van der Waals surface area contributed by atoms with Crippen LogP contribution in [-0.2, 0) is 9.47 Å². The molecule has 1 heterocycles. The lowest BCUT2D eigenvalue weighted by Crippen LogP contribution is -2.46. The highest BCUT2D eigenvalue weighted by Crippen LogP contribution is 2.31. The van der Waals surface area contributed by atoms with Crippen LogP contribution < -0.4 is 4.74 Å². The van der Waals surface area contributed by atoms with Crippen molar-refractivity contribution in [3.8, 4) is 5.75 Å². The molecule has 0 bridgehead atoms. The lowest BCUT2D eigenvalue weighted by atomic mass is 10.2. The van der Waals surface area contributed by atoms with Crippen LogP contribution in [0.25, 0.3) is 0 Å². The first kappa shape index (κ1) is 18.8. The predicted molar refractivity (Wildman–Crippen MR) is 94.0 cm³/mol. The summed E-state index contributed by atoms with van der Waals surface area (Å²) in [4.78, 5) is 2.37. The summed E-state index contributed by atoms with van der Waals surface area (Å²) in [6.45, 7) is 10.7. The van der Waals surface area contributed by atoms with Crippen LogP contribution in [0.5, 0.6) is 5.75 Å². The van der Waals surface area contributed by atoms with Crippen LogP contribution in [0.2, 0.25) is 10.0 Å². The maximum Gasteiger partial charge on any atom is 0.141 e. The third kappa shape index (κ3) is 6.12. The van der Waals surface area contributed by atoms with Gasteiger partial charge in [0, 0.05) is 24.7 Å². The molecule has 1 aliphatic rings. The standard InChI is InChI=1S/C17H25Cl2NO3/c1-12-8-15(18)9-16(19)17(12)22-7-6-21-5-4-20-10-13(2)23-14(3)11-20/h8-9,13-14H,4-7,10-11H2,1-3H3/t13-,14-/m1/s1. The van der Waals surface area contributed by atoms with Gasteiger partial charge < -0.3 is 14.2 Å². The molecule has 23 heavy (non-hydrogen) atoms. The highest BCUT2D eigenvalue weighted by Gasteiger charge is 2.21. The molecule has 0 spiro atoms. The van der Waals surface area contributed by atoms with E-state index in [-0.39, 0.29) is 12.2 Å². The van der Waals surface area contributed by atoms with Crippen molar-refractivity contribution < 1.29 is 14.2 Å². The van der Waals surface area contributed by atoms with Crippen LogP contribution in [0.3, 0.4) is 0 Å². The molecule has 2 rings (SSSR count). The summed E-state index contributed by atoms with van der Waals surface area (Å²) >= 11 is 12.1. The van der Waals surface area contributed by atoms with E-state index in [4.69, 9.17) is 37.4 Å². The summed E-state index contributed by atoms with van der Waals surface area (Å²) in [5.41, 5.74) is 0.929. The second-order valence-electron chi connectivity index (χ2n) is 6.01. The normalized spacial score (nSPS) is 22.3. The molecule has 0 amide bonds. The number of benzene rings is 1. The Hall–Kier alpha value is -0.520. The van der Waals surface area contributed by atoms with Crippen molar-refractivity contribution in [2.45, 2.75) is 33.0 Å². The lowest BCUT2D eigenvalue weighted by molar-refractivity contribution is -0.0734. The average Bonchev–Trinajstić information content (AvgIpc) is 2.43. The van der Waals surface area contributed by atoms with Crippen LogP contribution in [0.1, 0.15) is 19.4 Å². The fraction of sp³-hybridized carbons (Fsp3) is 0.647. The van der Waals surface area contributed by atoms with Crippen LogP contribution in [-0.4, -0.2) is 56.6 Å². The van der Waals surface area contributed by atoms with Crippen LogP contribution in [0.4, 0.5) is 0 Å². The number of morpholine rings is 1. The van der Waals surface area contributed by atoms with Crippen molar-refractivity contribution in [3.05, 3.63) is 27.7 Å². The van der Waals surface area contributed by atoms with E-state index in [1.54, 1.807) is 6.07 Å². The molecule has 1 fully saturated rings. The zero-order chi connectivity index (χ0) is 16.8. The third-order valence-corrected chi connectivity index (χ3v) is 4.21. The number of rotatable bonds is 7. The predicted octanol–water partition coefficient (Wildman–Crippen LogP) is 3.81. The third-order valence-electron chi connectivity index (χ3n) is 3.72. The molecule has 0 aromatic heterocycles. The molecule has 1 saturated heterocycles. The number of hydrogen-bond acceptors (Lipinski definition) is 4. The number of halogens is 2. The molecule has 0 unspecified atom stereocenters. The monoisotopic (exact) mass is 361 g/mol. The van der Waals surface area contributed by atoms with E-state index < -0.39 is 0 Å². The summed E-state index contributed by atoms with van der Waals surface area (Å²) in [6, 6.07) is 3.53. The van der Waals surface area contributed by atoms with Gasteiger partial charge in [0.25, 0.3) is 0 Å². The van der Waals surface area contributed by atoms with E-state index in [1.807, 2.05) is 13.0 Å². The molecular weight excluding hydrogens is 337 g/mol. The van der Waals surface area contributed by atoms with E-state index in [0.717, 1.165) is 25.2 Å². The van der Waals surface area contributed by atoms with E-state index in [9.17, 15) is 0 Å². The molecule has 0 saturated carbocycles. The van der Waals surface area contributed by atoms with Crippen molar-refractivity contribution in [2.24, 2.45) is 0 Å². The minimum atomic E-state index is 0.289. The van der Waals surface area contributed by atoms with Gasteiger partial charge >= 0.3 is 0 Å². The Morgan fingerprint density at radius 3 is 2.48 bits per heavy atom. The van der Waals surface area contributed by atoms with Crippen LogP contribution >= 0.6 is 23.2 Å². The summed E-state index contributed by atoms with van der Waals surface area (Å²) in [7, 11) is 0. The smallest absolute Gasteiger partial charge is 0.141 e. The minimum Gasteiger partial charge on any atom is -0.489 e. The zero-order valence-corrected chi connectivity index (χ0v) is 15.5. The number of ether oxygens (including phenoxy) is 3. The first-order valence-corrected chi connectivity index (χ1v) is 8.75. The van der Waals surface area contributed by atoms with Gasteiger partial charge in [-0.25, -0.2) is 0 Å². The highest BCUT2D eigenvalue weighted by atomic mass is 35.5. The second kappa shape index (κ2) is 9.09. The zero-order valence-electron chi connectivity index (χ0n) is 14.0. The quantitative estimate of drug-likeness (QED) is 0.691. The van der Waals surface area contributed by atoms with Crippen molar-refractivity contribution in [1.29, 1.82) is 0 Å². The Morgan fingerprint density at radius 2 is 1.83 bits per heavy atom. The summed E-state index contributed by atoms with van der Waals surface area (Å²) < 4.78 is 17.1. The molecule has 4 nitrogen and oxygen atoms in total. The Bertz CT molecular complexity index is 480. The topological polar surface area (TPSA) is 30.9 Å². The molecule has 2 atom stereocenters. The maximum atomic E-state index is 6.13. The molecule has 0 aliphatic carbocycles. The van der Waals surface area contributed by atoms with Gasteiger partial charge in [-0.3, -0.25) is 4.90 Å². The summed E-state index contributed by atoms with van der Waals surface area (Å²) in [5, 5.41) is 1.15. The fourth-order valence-electron chi connectivity index (χ4n) is 2.84. The molecule has 1 aliphatic heterocycles. The Morgan fingerprint density at radius 1 is 1.13 bits per heavy atom. The first-order valence-electron chi connectivity index (χ1n) is 7.99. The largest absolute Gasteiger partial charge is 0.489 e. The number of nitrogens with zero attached hydrogens (tertiary/aromatic N) is 1. The molecule has 130 valence electrons.